The number of nitrogens with one attached hydrogen (secondary N) is 1. The van der Waals surface area contributed by atoms with Crippen LogP contribution in [0.1, 0.15) is 5.56 Å². The summed E-state index contributed by atoms with van der Waals surface area (Å²) in [7, 11) is 2.01. The molecule has 2 aliphatic rings. The van der Waals surface area contributed by atoms with Gasteiger partial charge in [-0.25, -0.2) is 0 Å². The summed E-state index contributed by atoms with van der Waals surface area (Å²) in [4.78, 5) is 25.1. The van der Waals surface area contributed by atoms with E-state index in [1.165, 1.54) is 0 Å². The van der Waals surface area contributed by atoms with E-state index in [1.807, 2.05) is 25.2 Å². The average molecular weight is 276 g/mol. The SMILES string of the molecule is CN1CCOc2cc(C=C3SC(=O)NC3=O)ccc21. The normalized spacial score (nSPS) is 20.3. The van der Waals surface area contributed by atoms with Gasteiger partial charge in [-0.2, -0.15) is 0 Å². The van der Waals surface area contributed by atoms with Gasteiger partial charge in [0.25, 0.3) is 11.1 Å². The number of likely N-dealkylation sites (N-methyl/N-ethyl adjacent to an activating group) is 1. The minimum Gasteiger partial charge on any atom is -0.490 e. The highest BCUT2D eigenvalue weighted by Gasteiger charge is 2.25. The maximum atomic E-state index is 11.5. The van der Waals surface area contributed by atoms with Crippen molar-refractivity contribution in [2.45, 2.75) is 0 Å². The lowest BCUT2D eigenvalue weighted by atomic mass is 10.1. The molecular formula is C13H12N2O3S. The fourth-order valence-electron chi connectivity index (χ4n) is 2.04. The second-order valence-corrected chi connectivity index (χ2v) is 5.36. The Hall–Kier alpha value is -1.95. The molecule has 6 heteroatoms. The van der Waals surface area contributed by atoms with Crippen LogP contribution in [0.2, 0.25) is 0 Å². The number of carbonyl (C=O) groups excluding carboxylic acids is 2. The highest BCUT2D eigenvalue weighted by Crippen LogP contribution is 2.33. The van der Waals surface area contributed by atoms with Crippen LogP contribution < -0.4 is 15.0 Å². The van der Waals surface area contributed by atoms with Crippen LogP contribution in [0.25, 0.3) is 6.08 Å². The Morgan fingerprint density at radius 2 is 2.26 bits per heavy atom. The molecule has 98 valence electrons. The van der Waals surface area contributed by atoms with Crippen molar-refractivity contribution in [3.05, 3.63) is 28.7 Å². The number of ether oxygens (including phenoxy) is 1. The van der Waals surface area contributed by atoms with Gasteiger partial charge in [-0.3, -0.25) is 14.9 Å². The number of hydrogen-bond acceptors (Lipinski definition) is 5. The van der Waals surface area contributed by atoms with Gasteiger partial charge in [0.2, 0.25) is 0 Å². The summed E-state index contributed by atoms with van der Waals surface area (Å²) in [6.45, 7) is 1.51. The van der Waals surface area contributed by atoms with Crippen molar-refractivity contribution in [3.8, 4) is 5.75 Å². The van der Waals surface area contributed by atoms with Gasteiger partial charge in [-0.15, -0.1) is 0 Å². The van der Waals surface area contributed by atoms with E-state index < -0.39 is 0 Å². The third-order valence-electron chi connectivity index (χ3n) is 3.02. The van der Waals surface area contributed by atoms with Crippen LogP contribution in [-0.2, 0) is 4.79 Å². The van der Waals surface area contributed by atoms with Gasteiger partial charge in [0.05, 0.1) is 17.1 Å². The van der Waals surface area contributed by atoms with E-state index in [-0.39, 0.29) is 11.1 Å². The predicted octanol–water partition coefficient (Wildman–Crippen LogP) is 1.84. The Bertz CT molecular complexity index is 598. The predicted molar refractivity (Wildman–Crippen MR) is 74.3 cm³/mol. The second kappa shape index (κ2) is 4.62. The lowest BCUT2D eigenvalue weighted by Gasteiger charge is -2.27. The van der Waals surface area contributed by atoms with Gasteiger partial charge >= 0.3 is 0 Å². The van der Waals surface area contributed by atoms with Crippen LogP contribution in [-0.4, -0.2) is 31.3 Å². The molecule has 2 amide bonds. The fraction of sp³-hybridized carbons (Fsp3) is 0.231. The number of rotatable bonds is 1. The Labute approximate surface area is 114 Å². The third-order valence-corrected chi connectivity index (χ3v) is 3.83. The average Bonchev–Trinajstić information content (AvgIpc) is 2.68. The number of benzene rings is 1. The molecule has 1 aromatic rings. The molecule has 0 atom stereocenters. The molecule has 1 aromatic carbocycles. The van der Waals surface area contributed by atoms with Crippen LogP contribution in [0, 0.1) is 0 Å². The van der Waals surface area contributed by atoms with Gasteiger partial charge in [0, 0.05) is 7.05 Å². The van der Waals surface area contributed by atoms with Crippen molar-refractivity contribution in [1.29, 1.82) is 0 Å². The number of nitrogens with zero attached hydrogens (tertiary/aromatic N) is 1. The summed E-state index contributed by atoms with van der Waals surface area (Å²) >= 11 is 0.917. The molecule has 2 aliphatic heterocycles. The molecule has 0 aliphatic carbocycles. The summed E-state index contributed by atoms with van der Waals surface area (Å²) < 4.78 is 5.60. The number of hydrogen-bond donors (Lipinski definition) is 1. The van der Waals surface area contributed by atoms with Crippen molar-refractivity contribution >= 4 is 34.7 Å². The van der Waals surface area contributed by atoms with Crippen LogP contribution in [0.4, 0.5) is 10.5 Å². The van der Waals surface area contributed by atoms with E-state index in [1.54, 1.807) is 6.08 Å². The molecular weight excluding hydrogens is 264 g/mol. The number of amides is 2. The van der Waals surface area contributed by atoms with Gasteiger partial charge < -0.3 is 9.64 Å². The highest BCUT2D eigenvalue weighted by atomic mass is 32.2. The van der Waals surface area contributed by atoms with Gasteiger partial charge in [0.15, 0.2) is 0 Å². The Kier molecular flexibility index (Phi) is 2.94. The zero-order valence-electron chi connectivity index (χ0n) is 10.3. The van der Waals surface area contributed by atoms with E-state index in [2.05, 4.69) is 10.2 Å². The molecule has 0 unspecified atom stereocenters. The molecule has 1 saturated heterocycles. The molecule has 0 aromatic heterocycles. The zero-order valence-corrected chi connectivity index (χ0v) is 11.1. The lowest BCUT2D eigenvalue weighted by Crippen LogP contribution is -2.28. The minimum absolute atomic E-state index is 0.329. The smallest absolute Gasteiger partial charge is 0.290 e. The van der Waals surface area contributed by atoms with Crippen molar-refractivity contribution < 1.29 is 14.3 Å². The Morgan fingerprint density at radius 1 is 1.42 bits per heavy atom. The topological polar surface area (TPSA) is 58.6 Å². The molecule has 0 saturated carbocycles. The quantitative estimate of drug-likeness (QED) is 0.793. The van der Waals surface area contributed by atoms with Crippen molar-refractivity contribution in [2.75, 3.05) is 25.1 Å². The minimum atomic E-state index is -0.342. The van der Waals surface area contributed by atoms with E-state index >= 15 is 0 Å². The largest absolute Gasteiger partial charge is 0.490 e. The second-order valence-electron chi connectivity index (χ2n) is 4.35. The molecule has 2 heterocycles. The Balaban J connectivity index is 1.93. The van der Waals surface area contributed by atoms with Crippen LogP contribution in [0.3, 0.4) is 0 Å². The molecule has 1 N–H and O–H groups in total. The van der Waals surface area contributed by atoms with Crippen molar-refractivity contribution in [2.24, 2.45) is 0 Å². The first-order valence-corrected chi connectivity index (χ1v) is 6.68. The summed E-state index contributed by atoms with van der Waals surface area (Å²) in [6.07, 6.45) is 1.70. The molecule has 3 rings (SSSR count). The van der Waals surface area contributed by atoms with Gasteiger partial charge in [-0.05, 0) is 35.5 Å². The molecule has 5 nitrogen and oxygen atoms in total. The molecule has 0 radical (unpaired) electrons. The van der Waals surface area contributed by atoms with Crippen LogP contribution >= 0.6 is 11.8 Å². The maximum absolute atomic E-state index is 11.5. The number of thioether (sulfide) groups is 1. The number of carbonyl (C=O) groups is 2. The maximum Gasteiger partial charge on any atom is 0.290 e. The molecule has 0 bridgehead atoms. The molecule has 1 fully saturated rings. The van der Waals surface area contributed by atoms with Crippen molar-refractivity contribution in [3.63, 3.8) is 0 Å². The van der Waals surface area contributed by atoms with Gasteiger partial charge in [-0.1, -0.05) is 6.07 Å². The van der Waals surface area contributed by atoms with Gasteiger partial charge in [0.1, 0.15) is 12.4 Å². The van der Waals surface area contributed by atoms with E-state index in [9.17, 15) is 9.59 Å². The fourth-order valence-corrected chi connectivity index (χ4v) is 2.72. The highest BCUT2D eigenvalue weighted by molar-refractivity contribution is 8.18. The molecule has 0 spiro atoms. The molecule has 19 heavy (non-hydrogen) atoms. The standard InChI is InChI=1S/C13H12N2O3S/c1-15-4-5-18-10-6-8(2-3-9(10)15)7-11-12(16)14-13(17)19-11/h2-3,6-7H,4-5H2,1H3,(H,14,16,17). The number of imide groups is 1. The first-order valence-electron chi connectivity index (χ1n) is 5.86. The summed E-state index contributed by atoms with van der Waals surface area (Å²) in [5.41, 5.74) is 1.88. The zero-order chi connectivity index (χ0) is 13.4. The summed E-state index contributed by atoms with van der Waals surface area (Å²) in [6, 6.07) is 5.75. The van der Waals surface area contributed by atoms with Crippen LogP contribution in [0.15, 0.2) is 23.1 Å². The summed E-state index contributed by atoms with van der Waals surface area (Å²) in [5.74, 6) is 0.462. The summed E-state index contributed by atoms with van der Waals surface area (Å²) in [5, 5.41) is 1.91. The first-order chi connectivity index (χ1) is 9.13. The van der Waals surface area contributed by atoms with Crippen LogP contribution in [0.5, 0.6) is 5.75 Å². The van der Waals surface area contributed by atoms with E-state index in [4.69, 9.17) is 4.74 Å². The lowest BCUT2D eigenvalue weighted by molar-refractivity contribution is -0.115. The first kappa shape index (κ1) is 12.1. The monoisotopic (exact) mass is 276 g/mol. The van der Waals surface area contributed by atoms with Crippen molar-refractivity contribution in [1.82, 2.24) is 5.32 Å². The number of anilines is 1. The number of fused-ring (bicyclic) bond motifs is 1. The Morgan fingerprint density at radius 3 is 3.00 bits per heavy atom. The third kappa shape index (κ3) is 2.31. The van der Waals surface area contributed by atoms with E-state index in [0.717, 1.165) is 35.3 Å². The van der Waals surface area contributed by atoms with E-state index in [0.29, 0.717) is 11.5 Å².